The maximum atomic E-state index is 12.4. The van der Waals surface area contributed by atoms with Crippen molar-refractivity contribution in [3.8, 4) is 0 Å². The molecule has 2 rings (SSSR count). The van der Waals surface area contributed by atoms with Crippen molar-refractivity contribution in [3.63, 3.8) is 0 Å². The number of nitrogens with zero attached hydrogens (tertiary/aromatic N) is 1. The molecule has 0 aromatic heterocycles. The predicted molar refractivity (Wildman–Crippen MR) is 76.0 cm³/mol. The fourth-order valence-electron chi connectivity index (χ4n) is 2.56. The normalized spacial score (nSPS) is 18.5. The number of hydrogen-bond donors (Lipinski definition) is 3. The van der Waals surface area contributed by atoms with Crippen LogP contribution in [-0.4, -0.2) is 35.6 Å². The van der Waals surface area contributed by atoms with E-state index in [1.54, 1.807) is 31.2 Å². The summed E-state index contributed by atoms with van der Waals surface area (Å²) in [7, 11) is 0. The molecule has 0 aliphatic carbocycles. The van der Waals surface area contributed by atoms with Gasteiger partial charge in [0.15, 0.2) is 0 Å². The third kappa shape index (κ3) is 2.96. The summed E-state index contributed by atoms with van der Waals surface area (Å²) in [5.74, 6) is -1.84. The van der Waals surface area contributed by atoms with Crippen molar-refractivity contribution >= 4 is 23.6 Å². The Bertz CT molecular complexity index is 587. The minimum Gasteiger partial charge on any atom is -0.481 e. The number of rotatable bonds is 3. The van der Waals surface area contributed by atoms with Crippen molar-refractivity contribution in [1.29, 1.82) is 0 Å². The van der Waals surface area contributed by atoms with Crippen LogP contribution in [0.25, 0.3) is 0 Å². The van der Waals surface area contributed by atoms with Crippen LogP contribution >= 0.6 is 0 Å². The molecular weight excluding hydrogens is 274 g/mol. The highest BCUT2D eigenvalue weighted by atomic mass is 16.4. The van der Waals surface area contributed by atoms with E-state index < -0.39 is 24.0 Å². The molecule has 2 atom stereocenters. The van der Waals surface area contributed by atoms with Crippen molar-refractivity contribution in [2.24, 2.45) is 5.73 Å². The van der Waals surface area contributed by atoms with E-state index in [0.717, 1.165) is 0 Å². The van der Waals surface area contributed by atoms with Gasteiger partial charge in [0.05, 0.1) is 5.92 Å². The molecule has 0 spiro atoms. The molecule has 7 heteroatoms. The van der Waals surface area contributed by atoms with E-state index in [0.29, 0.717) is 17.7 Å². The van der Waals surface area contributed by atoms with Crippen LogP contribution in [0.4, 0.5) is 10.5 Å². The van der Waals surface area contributed by atoms with Gasteiger partial charge in [-0.25, -0.2) is 4.79 Å². The smallest absolute Gasteiger partial charge is 0.312 e. The lowest BCUT2D eigenvalue weighted by molar-refractivity contribution is -0.139. The number of para-hydroxylation sites is 1. The number of primary amides is 1. The van der Waals surface area contributed by atoms with Crippen LogP contribution in [0.5, 0.6) is 0 Å². The second kappa shape index (κ2) is 5.82. The minimum atomic E-state index is -0.905. The summed E-state index contributed by atoms with van der Waals surface area (Å²) in [6, 6.07) is 5.36. The Morgan fingerprint density at radius 2 is 2.05 bits per heavy atom. The van der Waals surface area contributed by atoms with Gasteiger partial charge in [-0.05, 0) is 25.0 Å². The molecule has 0 bridgehead atoms. The van der Waals surface area contributed by atoms with E-state index in [-0.39, 0.29) is 12.5 Å². The van der Waals surface area contributed by atoms with Crippen molar-refractivity contribution in [3.05, 3.63) is 29.8 Å². The second-order valence-electron chi connectivity index (χ2n) is 4.96. The first-order valence-corrected chi connectivity index (χ1v) is 6.61. The number of benzene rings is 1. The number of aliphatic carboxylic acids is 1. The van der Waals surface area contributed by atoms with E-state index >= 15 is 0 Å². The van der Waals surface area contributed by atoms with Crippen molar-refractivity contribution in [2.45, 2.75) is 25.3 Å². The SMILES string of the molecule is CC(NC(N)=O)C(=O)N1CCC(C(=O)O)c2ccccc21. The fraction of sp³-hybridized carbons (Fsp3) is 0.357. The molecule has 21 heavy (non-hydrogen) atoms. The molecule has 1 aliphatic rings. The zero-order valence-corrected chi connectivity index (χ0v) is 11.6. The number of hydrogen-bond acceptors (Lipinski definition) is 3. The van der Waals surface area contributed by atoms with Crippen LogP contribution in [0, 0.1) is 0 Å². The van der Waals surface area contributed by atoms with Gasteiger partial charge < -0.3 is 21.1 Å². The van der Waals surface area contributed by atoms with Gasteiger partial charge in [-0.2, -0.15) is 0 Å². The zero-order valence-electron chi connectivity index (χ0n) is 11.6. The minimum absolute atomic E-state index is 0.289. The summed E-state index contributed by atoms with van der Waals surface area (Å²) < 4.78 is 0. The highest BCUT2D eigenvalue weighted by Gasteiger charge is 2.33. The molecule has 0 saturated carbocycles. The van der Waals surface area contributed by atoms with Crippen molar-refractivity contribution in [1.82, 2.24) is 5.32 Å². The number of carbonyl (C=O) groups excluding carboxylic acids is 2. The van der Waals surface area contributed by atoms with E-state index in [4.69, 9.17) is 5.73 Å². The number of fused-ring (bicyclic) bond motifs is 1. The first kappa shape index (κ1) is 14.8. The summed E-state index contributed by atoms with van der Waals surface area (Å²) in [6.45, 7) is 1.83. The second-order valence-corrected chi connectivity index (χ2v) is 4.96. The Morgan fingerprint density at radius 3 is 2.67 bits per heavy atom. The first-order valence-electron chi connectivity index (χ1n) is 6.61. The molecule has 1 heterocycles. The van der Waals surface area contributed by atoms with Gasteiger partial charge >= 0.3 is 12.0 Å². The average Bonchev–Trinajstić information content (AvgIpc) is 2.44. The fourth-order valence-corrected chi connectivity index (χ4v) is 2.56. The zero-order chi connectivity index (χ0) is 15.6. The Hall–Kier alpha value is -2.57. The molecule has 7 nitrogen and oxygen atoms in total. The molecular formula is C14H17N3O4. The number of nitrogens with two attached hydrogens (primary N) is 1. The van der Waals surface area contributed by atoms with E-state index in [1.807, 2.05) is 0 Å². The van der Waals surface area contributed by atoms with Gasteiger partial charge in [0, 0.05) is 12.2 Å². The Balaban J connectivity index is 2.30. The van der Waals surface area contributed by atoms with Crippen LogP contribution in [-0.2, 0) is 9.59 Å². The molecule has 0 saturated heterocycles. The monoisotopic (exact) mass is 291 g/mol. The molecule has 1 aromatic rings. The van der Waals surface area contributed by atoms with E-state index in [9.17, 15) is 19.5 Å². The van der Waals surface area contributed by atoms with Crippen molar-refractivity contribution in [2.75, 3.05) is 11.4 Å². The van der Waals surface area contributed by atoms with E-state index in [1.165, 1.54) is 4.90 Å². The van der Waals surface area contributed by atoms with Crippen LogP contribution < -0.4 is 16.0 Å². The highest BCUT2D eigenvalue weighted by molar-refractivity contribution is 6.00. The standard InChI is InChI=1S/C14H17N3O4/c1-8(16-14(15)21)12(18)17-7-6-10(13(19)20)9-4-2-3-5-11(9)17/h2-5,8,10H,6-7H2,1H3,(H,19,20)(H3,15,16,21). The lowest BCUT2D eigenvalue weighted by Crippen LogP contribution is -2.50. The van der Waals surface area contributed by atoms with Crippen LogP contribution in [0.2, 0.25) is 0 Å². The Kier molecular flexibility index (Phi) is 4.11. The van der Waals surface area contributed by atoms with Crippen LogP contribution in [0.15, 0.2) is 24.3 Å². The van der Waals surface area contributed by atoms with Crippen LogP contribution in [0.1, 0.15) is 24.8 Å². The Labute approximate surface area is 121 Å². The third-order valence-corrected chi connectivity index (χ3v) is 3.54. The molecule has 1 aliphatic heterocycles. The number of anilines is 1. The predicted octanol–water partition coefficient (Wildman–Crippen LogP) is 0.648. The highest BCUT2D eigenvalue weighted by Crippen LogP contribution is 2.35. The van der Waals surface area contributed by atoms with Gasteiger partial charge in [0.2, 0.25) is 5.91 Å². The molecule has 1 aromatic carbocycles. The average molecular weight is 291 g/mol. The quantitative estimate of drug-likeness (QED) is 0.758. The number of urea groups is 1. The molecule has 0 radical (unpaired) electrons. The van der Waals surface area contributed by atoms with Gasteiger partial charge in [0.1, 0.15) is 6.04 Å². The summed E-state index contributed by atoms with van der Waals surface area (Å²) in [4.78, 5) is 36.0. The summed E-state index contributed by atoms with van der Waals surface area (Å²) in [5.41, 5.74) is 6.19. The molecule has 2 unspecified atom stereocenters. The van der Waals surface area contributed by atoms with Crippen LogP contribution in [0.3, 0.4) is 0 Å². The van der Waals surface area contributed by atoms with E-state index in [2.05, 4.69) is 5.32 Å². The maximum absolute atomic E-state index is 12.4. The molecule has 4 N–H and O–H groups in total. The lowest BCUT2D eigenvalue weighted by atomic mass is 9.89. The summed E-state index contributed by atoms with van der Waals surface area (Å²) >= 11 is 0. The number of carboxylic acid groups (broad SMARTS) is 1. The molecule has 112 valence electrons. The number of nitrogens with one attached hydrogen (secondary N) is 1. The van der Waals surface area contributed by atoms with Gasteiger partial charge in [-0.3, -0.25) is 9.59 Å². The first-order chi connectivity index (χ1) is 9.91. The molecule has 3 amide bonds. The Morgan fingerprint density at radius 1 is 1.38 bits per heavy atom. The maximum Gasteiger partial charge on any atom is 0.312 e. The largest absolute Gasteiger partial charge is 0.481 e. The summed E-state index contributed by atoms with van der Waals surface area (Å²) in [5, 5.41) is 11.6. The number of carboxylic acids is 1. The topological polar surface area (TPSA) is 113 Å². The third-order valence-electron chi connectivity index (χ3n) is 3.54. The summed E-state index contributed by atoms with van der Waals surface area (Å²) in [6.07, 6.45) is 0.335. The number of amides is 3. The van der Waals surface area contributed by atoms with Gasteiger partial charge in [-0.1, -0.05) is 18.2 Å². The van der Waals surface area contributed by atoms with Gasteiger partial charge in [-0.15, -0.1) is 0 Å². The van der Waals surface area contributed by atoms with Gasteiger partial charge in [0.25, 0.3) is 0 Å². The molecule has 0 fully saturated rings. The number of carbonyl (C=O) groups is 3. The van der Waals surface area contributed by atoms with Crippen molar-refractivity contribution < 1.29 is 19.5 Å². The lowest BCUT2D eigenvalue weighted by Gasteiger charge is -2.34.